The summed E-state index contributed by atoms with van der Waals surface area (Å²) in [4.78, 5) is 31.9. The summed E-state index contributed by atoms with van der Waals surface area (Å²) in [6, 6.07) is 5.48. The summed E-state index contributed by atoms with van der Waals surface area (Å²) in [7, 11) is 0. The lowest BCUT2D eigenvalue weighted by molar-refractivity contribution is -0.0372. The van der Waals surface area contributed by atoms with Crippen molar-refractivity contribution in [1.82, 2.24) is 14.9 Å². The maximum Gasteiger partial charge on any atom is 0.506 e. The summed E-state index contributed by atoms with van der Waals surface area (Å²) in [5, 5.41) is 9.33. The number of nitrogens with zero attached hydrogens (tertiary/aromatic N) is 2. The molecule has 1 aromatic carbocycles. The van der Waals surface area contributed by atoms with Gasteiger partial charge >= 0.3 is 6.16 Å². The molecule has 0 spiro atoms. The minimum absolute atomic E-state index is 0.197. The van der Waals surface area contributed by atoms with E-state index < -0.39 is 6.16 Å². The molecular formula is C15H12BrN3O5. The third kappa shape index (κ3) is 2.65. The van der Waals surface area contributed by atoms with Gasteiger partial charge < -0.3 is 19.2 Å². The number of H-pyrrole nitrogens is 1. The minimum atomic E-state index is -1.27. The quantitative estimate of drug-likeness (QED) is 0.657. The van der Waals surface area contributed by atoms with Gasteiger partial charge in [-0.2, -0.15) is 0 Å². The van der Waals surface area contributed by atoms with Gasteiger partial charge in [-0.3, -0.25) is 9.69 Å². The maximum absolute atomic E-state index is 12.2. The normalized spacial score (nSPS) is 15.7. The van der Waals surface area contributed by atoms with E-state index in [-0.39, 0.29) is 17.2 Å². The van der Waals surface area contributed by atoms with Crippen molar-refractivity contribution in [2.45, 2.75) is 12.6 Å². The van der Waals surface area contributed by atoms with Gasteiger partial charge in [-0.1, -0.05) is 15.9 Å². The van der Waals surface area contributed by atoms with Crippen molar-refractivity contribution < 1.29 is 19.1 Å². The Labute approximate surface area is 143 Å². The molecule has 3 heterocycles. The second-order valence-corrected chi connectivity index (χ2v) is 6.55. The van der Waals surface area contributed by atoms with Crippen LogP contribution in [0.4, 0.5) is 4.79 Å². The summed E-state index contributed by atoms with van der Waals surface area (Å²) in [6.45, 7) is 1.36. The van der Waals surface area contributed by atoms with Gasteiger partial charge in [0.2, 0.25) is 5.58 Å². The van der Waals surface area contributed by atoms with Gasteiger partial charge in [0.25, 0.3) is 5.56 Å². The van der Waals surface area contributed by atoms with E-state index in [0.29, 0.717) is 36.6 Å². The highest BCUT2D eigenvalue weighted by atomic mass is 79.9. The third-order valence-corrected chi connectivity index (χ3v) is 4.39. The number of hydrogen-bond donors (Lipinski definition) is 2. The predicted octanol–water partition coefficient (Wildman–Crippen LogP) is 2.31. The number of hydrogen-bond acceptors (Lipinski definition) is 6. The molecule has 0 atom stereocenters. The lowest BCUT2D eigenvalue weighted by Gasteiger charge is -2.37. The molecule has 1 aliphatic heterocycles. The van der Waals surface area contributed by atoms with E-state index in [1.165, 1.54) is 0 Å². The largest absolute Gasteiger partial charge is 0.506 e. The molecule has 1 aliphatic rings. The first-order valence-electron chi connectivity index (χ1n) is 7.22. The number of likely N-dealkylation sites (tertiary alicyclic amines) is 1. The summed E-state index contributed by atoms with van der Waals surface area (Å²) < 4.78 is 11.1. The standard InChI is InChI=1S/C15H12BrN3O5/c16-7-1-2-10-9(3-7)12-13(24-10)14(20)18-11(17-12)6-19-4-8(5-19)23-15(21)22/h1-3,8H,4-6H2,(H,21,22)(H,17,18,20). The van der Waals surface area contributed by atoms with Gasteiger partial charge in [-0.05, 0) is 18.2 Å². The van der Waals surface area contributed by atoms with Crippen LogP contribution in [0.3, 0.4) is 0 Å². The molecule has 2 N–H and O–H groups in total. The zero-order valence-electron chi connectivity index (χ0n) is 12.3. The summed E-state index contributed by atoms with van der Waals surface area (Å²) in [5.41, 5.74) is 0.981. The number of ether oxygens (including phenoxy) is 1. The Morgan fingerprint density at radius 1 is 1.50 bits per heavy atom. The molecule has 1 saturated heterocycles. The number of aromatic nitrogens is 2. The smallest absolute Gasteiger partial charge is 0.450 e. The van der Waals surface area contributed by atoms with Gasteiger partial charge in [-0.15, -0.1) is 0 Å². The van der Waals surface area contributed by atoms with E-state index in [4.69, 9.17) is 9.52 Å². The van der Waals surface area contributed by atoms with Crippen molar-refractivity contribution in [3.8, 4) is 0 Å². The molecule has 124 valence electrons. The molecule has 1 fully saturated rings. The van der Waals surface area contributed by atoms with Crippen LogP contribution < -0.4 is 5.56 Å². The number of nitrogens with one attached hydrogen (secondary N) is 1. The second kappa shape index (κ2) is 5.60. The van der Waals surface area contributed by atoms with Crippen molar-refractivity contribution in [2.24, 2.45) is 0 Å². The van der Waals surface area contributed by atoms with E-state index in [0.717, 1.165) is 9.86 Å². The molecule has 24 heavy (non-hydrogen) atoms. The molecule has 0 bridgehead atoms. The fraction of sp³-hybridized carbons (Fsp3) is 0.267. The van der Waals surface area contributed by atoms with E-state index in [9.17, 15) is 9.59 Å². The molecule has 0 aliphatic carbocycles. The molecule has 0 amide bonds. The lowest BCUT2D eigenvalue weighted by Crippen LogP contribution is -2.52. The number of rotatable bonds is 3. The predicted molar refractivity (Wildman–Crippen MR) is 88.0 cm³/mol. The second-order valence-electron chi connectivity index (χ2n) is 5.63. The first-order chi connectivity index (χ1) is 11.5. The number of aromatic amines is 1. The molecule has 0 radical (unpaired) electrons. The van der Waals surface area contributed by atoms with E-state index in [1.807, 2.05) is 17.0 Å². The monoisotopic (exact) mass is 393 g/mol. The Morgan fingerprint density at radius 2 is 2.29 bits per heavy atom. The Bertz CT molecular complexity index is 1010. The zero-order chi connectivity index (χ0) is 16.8. The molecule has 3 aromatic rings. The number of benzene rings is 1. The highest BCUT2D eigenvalue weighted by molar-refractivity contribution is 9.10. The summed E-state index contributed by atoms with van der Waals surface area (Å²) in [5.74, 6) is 0.504. The highest BCUT2D eigenvalue weighted by Crippen LogP contribution is 2.28. The molecule has 8 nitrogen and oxygen atoms in total. The zero-order valence-corrected chi connectivity index (χ0v) is 13.9. The Balaban J connectivity index is 1.63. The van der Waals surface area contributed by atoms with E-state index >= 15 is 0 Å². The van der Waals surface area contributed by atoms with Gasteiger partial charge in [-0.25, -0.2) is 9.78 Å². The first kappa shape index (κ1) is 15.2. The molecule has 0 unspecified atom stereocenters. The van der Waals surface area contributed by atoms with Crippen LogP contribution in [0.5, 0.6) is 0 Å². The van der Waals surface area contributed by atoms with Crippen molar-refractivity contribution in [3.05, 3.63) is 38.9 Å². The third-order valence-electron chi connectivity index (χ3n) is 3.90. The van der Waals surface area contributed by atoms with Crippen molar-refractivity contribution in [1.29, 1.82) is 0 Å². The molecule has 4 rings (SSSR count). The van der Waals surface area contributed by atoms with Crippen molar-refractivity contribution in [3.63, 3.8) is 0 Å². The number of carboxylic acid groups (broad SMARTS) is 1. The van der Waals surface area contributed by atoms with Crippen LogP contribution in [0.15, 0.2) is 31.9 Å². The topological polar surface area (TPSA) is 109 Å². The van der Waals surface area contributed by atoms with Crippen molar-refractivity contribution >= 4 is 44.2 Å². The van der Waals surface area contributed by atoms with E-state index in [1.54, 1.807) is 6.07 Å². The molecule has 9 heteroatoms. The Kier molecular flexibility index (Phi) is 3.54. The average molecular weight is 394 g/mol. The molecule has 0 saturated carbocycles. The van der Waals surface area contributed by atoms with Crippen LogP contribution in [-0.2, 0) is 11.3 Å². The van der Waals surface area contributed by atoms with Crippen LogP contribution in [-0.4, -0.2) is 45.3 Å². The van der Waals surface area contributed by atoms with Gasteiger partial charge in [0.05, 0.1) is 6.54 Å². The van der Waals surface area contributed by atoms with Gasteiger partial charge in [0.15, 0.2) is 0 Å². The van der Waals surface area contributed by atoms with Gasteiger partial charge in [0.1, 0.15) is 23.0 Å². The first-order valence-corrected chi connectivity index (χ1v) is 8.02. The fourth-order valence-corrected chi connectivity index (χ4v) is 3.19. The van der Waals surface area contributed by atoms with Crippen LogP contribution >= 0.6 is 15.9 Å². The van der Waals surface area contributed by atoms with Crippen LogP contribution in [0.25, 0.3) is 22.1 Å². The van der Waals surface area contributed by atoms with E-state index in [2.05, 4.69) is 30.6 Å². The van der Waals surface area contributed by atoms with Crippen molar-refractivity contribution in [2.75, 3.05) is 13.1 Å². The maximum atomic E-state index is 12.2. The summed E-state index contributed by atoms with van der Waals surface area (Å²) in [6.07, 6.45) is -1.60. The SMILES string of the molecule is O=C(O)OC1CN(Cc2nc3c(oc4ccc(Br)cc43)c(=O)[nH]2)C1. The Morgan fingerprint density at radius 3 is 3.04 bits per heavy atom. The number of fused-ring (bicyclic) bond motifs is 3. The number of halogens is 1. The minimum Gasteiger partial charge on any atom is -0.450 e. The highest BCUT2D eigenvalue weighted by Gasteiger charge is 2.30. The molecular weight excluding hydrogens is 382 g/mol. The van der Waals surface area contributed by atoms with Gasteiger partial charge in [0, 0.05) is 22.9 Å². The Hall–Kier alpha value is -2.39. The summed E-state index contributed by atoms with van der Waals surface area (Å²) >= 11 is 3.40. The molecule has 2 aromatic heterocycles. The van der Waals surface area contributed by atoms with Crippen LogP contribution in [0.2, 0.25) is 0 Å². The number of carbonyl (C=O) groups is 1. The fourth-order valence-electron chi connectivity index (χ4n) is 2.83. The van der Waals surface area contributed by atoms with Crippen LogP contribution in [0, 0.1) is 0 Å². The number of furan rings is 1. The average Bonchev–Trinajstić information content (AvgIpc) is 2.83. The lowest BCUT2D eigenvalue weighted by atomic mass is 10.1. The van der Waals surface area contributed by atoms with Crippen LogP contribution in [0.1, 0.15) is 5.82 Å².